The Morgan fingerprint density at radius 3 is 2.42 bits per heavy atom. The molecule has 2 amide bonds. The molecule has 2 heterocycles. The molecule has 0 saturated carbocycles. The van der Waals surface area contributed by atoms with E-state index in [-0.39, 0.29) is 17.5 Å². The lowest BCUT2D eigenvalue weighted by molar-refractivity contribution is 0.0704. The minimum atomic E-state index is -0.565. The number of carbonyl (C=O) groups excluding carboxylic acids is 2. The number of imidazole rings is 1. The van der Waals surface area contributed by atoms with E-state index in [0.717, 1.165) is 29.8 Å². The summed E-state index contributed by atoms with van der Waals surface area (Å²) in [4.78, 5) is 37.0. The van der Waals surface area contributed by atoms with Crippen molar-refractivity contribution < 1.29 is 14.3 Å². The van der Waals surface area contributed by atoms with E-state index in [2.05, 4.69) is 4.98 Å². The Balaban J connectivity index is 1.56. The normalized spacial score (nSPS) is 15.8. The number of methoxy groups -OCH3 is 1. The number of ether oxygens (including phenoxy) is 1. The molecule has 1 fully saturated rings. The maximum atomic E-state index is 13.1. The first-order valence-corrected chi connectivity index (χ1v) is 11.0. The molecule has 1 aliphatic rings. The van der Waals surface area contributed by atoms with Crippen LogP contribution in [0.3, 0.4) is 0 Å². The van der Waals surface area contributed by atoms with Crippen molar-refractivity contribution in [2.75, 3.05) is 39.2 Å². The van der Waals surface area contributed by atoms with Gasteiger partial charge in [-0.2, -0.15) is 0 Å². The molecule has 0 radical (unpaired) electrons. The molecular weight excluding hydrogens is 418 g/mol. The maximum Gasteiger partial charge on any atom is 0.267 e. The molecule has 3 N–H and O–H groups in total. The Labute approximate surface area is 193 Å². The van der Waals surface area contributed by atoms with Crippen LogP contribution in [0.5, 0.6) is 5.75 Å². The Hall–Kier alpha value is -3.81. The number of carbonyl (C=O) groups is 2. The Bertz CT molecular complexity index is 1140. The van der Waals surface area contributed by atoms with E-state index in [0.29, 0.717) is 30.2 Å². The van der Waals surface area contributed by atoms with Gasteiger partial charge in [0.05, 0.1) is 7.11 Å². The molecule has 33 heavy (non-hydrogen) atoms. The molecular formula is C25H29N5O3. The second-order valence-electron chi connectivity index (χ2n) is 8.47. The number of nitrogens with zero attached hydrogens (tertiary/aromatic N) is 3. The highest BCUT2D eigenvalue weighted by molar-refractivity contribution is 5.97. The van der Waals surface area contributed by atoms with Crippen LogP contribution in [0, 0.1) is 0 Å². The first-order chi connectivity index (χ1) is 15.9. The van der Waals surface area contributed by atoms with Gasteiger partial charge in [-0.3, -0.25) is 9.59 Å². The van der Waals surface area contributed by atoms with Crippen LogP contribution in [0.25, 0.3) is 11.3 Å². The van der Waals surface area contributed by atoms with Crippen molar-refractivity contribution in [3.8, 4) is 17.0 Å². The summed E-state index contributed by atoms with van der Waals surface area (Å²) in [5.74, 6) is 0.825. The van der Waals surface area contributed by atoms with Crippen molar-refractivity contribution in [3.63, 3.8) is 0 Å². The number of piperidine rings is 1. The predicted molar refractivity (Wildman–Crippen MR) is 128 cm³/mol. The van der Waals surface area contributed by atoms with E-state index >= 15 is 0 Å². The highest BCUT2D eigenvalue weighted by atomic mass is 16.5. The number of likely N-dealkylation sites (tertiary alicyclic amines) is 1. The molecule has 2 aromatic carbocycles. The third-order valence-corrected chi connectivity index (χ3v) is 6.06. The fraction of sp³-hybridized carbons (Fsp3) is 0.320. The van der Waals surface area contributed by atoms with Gasteiger partial charge in [-0.25, -0.2) is 4.98 Å². The number of nitrogens with one attached hydrogen (secondary N) is 1. The first-order valence-electron chi connectivity index (χ1n) is 11.0. The topological polar surface area (TPSA) is 105 Å². The molecule has 1 saturated heterocycles. The van der Waals surface area contributed by atoms with E-state index < -0.39 is 5.91 Å². The minimum Gasteiger partial charge on any atom is -0.497 e. The van der Waals surface area contributed by atoms with Crippen LogP contribution in [0.4, 0.5) is 5.69 Å². The Kier molecular flexibility index (Phi) is 6.35. The molecule has 1 aromatic heterocycles. The van der Waals surface area contributed by atoms with Crippen molar-refractivity contribution in [3.05, 3.63) is 65.6 Å². The van der Waals surface area contributed by atoms with Crippen LogP contribution in [-0.2, 0) is 0 Å². The van der Waals surface area contributed by atoms with Crippen LogP contribution in [-0.4, -0.2) is 61.0 Å². The number of hydrogen-bond acceptors (Lipinski definition) is 5. The van der Waals surface area contributed by atoms with Crippen molar-refractivity contribution in [1.82, 2.24) is 14.9 Å². The van der Waals surface area contributed by atoms with Gasteiger partial charge in [0.2, 0.25) is 0 Å². The molecule has 0 spiro atoms. The fourth-order valence-electron chi connectivity index (χ4n) is 4.19. The Morgan fingerprint density at radius 2 is 1.82 bits per heavy atom. The summed E-state index contributed by atoms with van der Waals surface area (Å²) in [7, 11) is 5.54. The summed E-state index contributed by atoms with van der Waals surface area (Å²) in [5.41, 5.74) is 8.91. The molecule has 4 rings (SSSR count). The van der Waals surface area contributed by atoms with Crippen LogP contribution >= 0.6 is 0 Å². The van der Waals surface area contributed by atoms with Crippen molar-refractivity contribution in [1.29, 1.82) is 0 Å². The van der Waals surface area contributed by atoms with E-state index in [4.69, 9.17) is 15.5 Å². The summed E-state index contributed by atoms with van der Waals surface area (Å²) in [6, 6.07) is 14.9. The van der Waals surface area contributed by atoms with Crippen LogP contribution in [0.1, 0.15) is 45.4 Å². The number of H-pyrrole nitrogens is 1. The number of primary amides is 1. The van der Waals surface area contributed by atoms with E-state index in [1.807, 2.05) is 72.4 Å². The lowest BCUT2D eigenvalue weighted by atomic mass is 9.96. The van der Waals surface area contributed by atoms with Gasteiger partial charge < -0.3 is 25.3 Å². The van der Waals surface area contributed by atoms with Gasteiger partial charge in [-0.15, -0.1) is 0 Å². The molecule has 1 atom stereocenters. The fourth-order valence-corrected chi connectivity index (χ4v) is 4.19. The zero-order valence-electron chi connectivity index (χ0n) is 19.2. The van der Waals surface area contributed by atoms with Crippen LogP contribution in [0.15, 0.2) is 48.5 Å². The molecule has 1 unspecified atom stereocenters. The van der Waals surface area contributed by atoms with E-state index in [1.54, 1.807) is 7.11 Å². The van der Waals surface area contributed by atoms with Gasteiger partial charge in [0.15, 0.2) is 0 Å². The van der Waals surface area contributed by atoms with Crippen molar-refractivity contribution in [2.24, 2.45) is 5.73 Å². The quantitative estimate of drug-likeness (QED) is 0.603. The molecule has 0 bridgehead atoms. The second-order valence-corrected chi connectivity index (χ2v) is 8.47. The average Bonchev–Trinajstić information content (AvgIpc) is 3.30. The summed E-state index contributed by atoms with van der Waals surface area (Å²) in [5, 5.41) is 0. The minimum absolute atomic E-state index is 0.00191. The van der Waals surface area contributed by atoms with E-state index in [9.17, 15) is 9.59 Å². The number of aromatic amines is 1. The highest BCUT2D eigenvalue weighted by Gasteiger charge is 2.29. The van der Waals surface area contributed by atoms with Crippen molar-refractivity contribution >= 4 is 17.5 Å². The number of benzene rings is 2. The first kappa shape index (κ1) is 22.4. The van der Waals surface area contributed by atoms with Gasteiger partial charge >= 0.3 is 0 Å². The monoisotopic (exact) mass is 447 g/mol. The largest absolute Gasteiger partial charge is 0.497 e. The zero-order chi connectivity index (χ0) is 23.5. The lowest BCUT2D eigenvalue weighted by Gasteiger charge is -2.32. The van der Waals surface area contributed by atoms with Gasteiger partial charge in [0.25, 0.3) is 11.8 Å². The average molecular weight is 448 g/mol. The van der Waals surface area contributed by atoms with Crippen LogP contribution in [0.2, 0.25) is 0 Å². The Morgan fingerprint density at radius 1 is 1.12 bits per heavy atom. The number of hydrogen-bond donors (Lipinski definition) is 2. The summed E-state index contributed by atoms with van der Waals surface area (Å²) >= 11 is 0. The second kappa shape index (κ2) is 9.36. The summed E-state index contributed by atoms with van der Waals surface area (Å²) in [6.45, 7) is 1.22. The van der Waals surface area contributed by atoms with Crippen LogP contribution < -0.4 is 15.4 Å². The van der Waals surface area contributed by atoms with E-state index in [1.165, 1.54) is 0 Å². The van der Waals surface area contributed by atoms with Crippen molar-refractivity contribution in [2.45, 2.75) is 18.8 Å². The predicted octanol–water partition coefficient (Wildman–Crippen LogP) is 3.27. The van der Waals surface area contributed by atoms with Gasteiger partial charge in [0, 0.05) is 49.9 Å². The van der Waals surface area contributed by atoms with Gasteiger partial charge in [-0.1, -0.05) is 0 Å². The SMILES string of the molecule is COc1ccc(-c2nc(C3CCCN(C(=O)c4ccc(N(C)C)cc4)C3)[nH]c2C(N)=O)cc1. The lowest BCUT2D eigenvalue weighted by Crippen LogP contribution is -2.39. The standard InChI is InChI=1S/C25H29N5O3/c1-29(2)19-10-6-17(7-11-19)25(32)30-14-4-5-18(15-30)24-27-21(22(28-24)23(26)31)16-8-12-20(33-3)13-9-16/h6-13,18H,4-5,14-15H2,1-3H3,(H2,26,31)(H,27,28). The molecule has 8 heteroatoms. The third kappa shape index (κ3) is 4.69. The highest BCUT2D eigenvalue weighted by Crippen LogP contribution is 2.31. The smallest absolute Gasteiger partial charge is 0.267 e. The molecule has 0 aliphatic carbocycles. The molecule has 1 aliphatic heterocycles. The number of aromatic nitrogens is 2. The summed E-state index contributed by atoms with van der Waals surface area (Å²) in [6.07, 6.45) is 1.73. The maximum absolute atomic E-state index is 13.1. The molecule has 3 aromatic rings. The molecule has 172 valence electrons. The number of amides is 2. The van der Waals surface area contributed by atoms with Gasteiger partial charge in [-0.05, 0) is 61.4 Å². The molecule has 8 nitrogen and oxygen atoms in total. The summed E-state index contributed by atoms with van der Waals surface area (Å²) < 4.78 is 5.21. The number of rotatable bonds is 6. The third-order valence-electron chi connectivity index (χ3n) is 6.06. The number of anilines is 1. The van der Waals surface area contributed by atoms with Gasteiger partial charge in [0.1, 0.15) is 23.0 Å². The number of nitrogens with two attached hydrogens (primary N) is 1. The zero-order valence-corrected chi connectivity index (χ0v) is 19.2.